The maximum absolute atomic E-state index is 13.0. The molecule has 1 aromatic rings. The minimum Gasteiger partial charge on any atom is -0.497 e. The van der Waals surface area contributed by atoms with Gasteiger partial charge in [0.15, 0.2) is 0 Å². The first-order valence-electron chi connectivity index (χ1n) is 10.5. The molecule has 3 rings (SSSR count). The van der Waals surface area contributed by atoms with E-state index in [4.69, 9.17) is 14.2 Å². The third-order valence-electron chi connectivity index (χ3n) is 6.06. The molecule has 0 radical (unpaired) electrons. The molecule has 3 atom stereocenters. The minimum absolute atomic E-state index is 0.0492. The molecule has 1 amide bonds. The zero-order chi connectivity index (χ0) is 20.6. The molecule has 3 unspecified atom stereocenters. The summed E-state index contributed by atoms with van der Waals surface area (Å²) in [5.41, 5.74) is 1.13. The van der Waals surface area contributed by atoms with Crippen LogP contribution in [-0.4, -0.2) is 63.8 Å². The van der Waals surface area contributed by atoms with E-state index >= 15 is 0 Å². The number of rotatable bonds is 7. The summed E-state index contributed by atoms with van der Waals surface area (Å²) in [5.74, 6) is -0.160. The Morgan fingerprint density at radius 3 is 2.38 bits per heavy atom. The van der Waals surface area contributed by atoms with Gasteiger partial charge in [0.2, 0.25) is 5.91 Å². The molecule has 1 aliphatic heterocycles. The van der Waals surface area contributed by atoms with Gasteiger partial charge >= 0.3 is 5.97 Å². The zero-order valence-corrected chi connectivity index (χ0v) is 17.4. The van der Waals surface area contributed by atoms with E-state index in [-0.39, 0.29) is 29.8 Å². The highest BCUT2D eigenvalue weighted by Gasteiger charge is 2.36. The lowest BCUT2D eigenvalue weighted by atomic mass is 9.78. The van der Waals surface area contributed by atoms with Crippen LogP contribution in [0.15, 0.2) is 24.3 Å². The van der Waals surface area contributed by atoms with Gasteiger partial charge in [0.25, 0.3) is 0 Å². The SMILES string of the molecule is COC(=O)C1CCCCC1C(=O)NCC(c1ccc(OC)cc1)N1CCOCC1. The van der Waals surface area contributed by atoms with Crippen molar-refractivity contribution in [3.05, 3.63) is 29.8 Å². The lowest BCUT2D eigenvalue weighted by molar-refractivity contribution is -0.152. The molecule has 2 aliphatic rings. The Morgan fingerprint density at radius 1 is 1.10 bits per heavy atom. The van der Waals surface area contributed by atoms with Gasteiger partial charge in [0, 0.05) is 19.6 Å². The Kier molecular flexibility index (Phi) is 7.89. The third kappa shape index (κ3) is 5.48. The first kappa shape index (κ1) is 21.6. The Hall–Kier alpha value is -2.12. The monoisotopic (exact) mass is 404 g/mol. The van der Waals surface area contributed by atoms with Crippen LogP contribution in [0.3, 0.4) is 0 Å². The predicted molar refractivity (Wildman–Crippen MR) is 109 cm³/mol. The van der Waals surface area contributed by atoms with Crippen molar-refractivity contribution in [3.8, 4) is 5.75 Å². The molecule has 0 aromatic heterocycles. The van der Waals surface area contributed by atoms with Gasteiger partial charge in [-0.2, -0.15) is 0 Å². The summed E-state index contributed by atoms with van der Waals surface area (Å²) in [6.07, 6.45) is 3.38. The van der Waals surface area contributed by atoms with Crippen molar-refractivity contribution >= 4 is 11.9 Å². The van der Waals surface area contributed by atoms with Gasteiger partial charge in [-0.3, -0.25) is 14.5 Å². The van der Waals surface area contributed by atoms with Crippen molar-refractivity contribution in [1.82, 2.24) is 10.2 Å². The van der Waals surface area contributed by atoms with Gasteiger partial charge in [-0.05, 0) is 30.5 Å². The van der Waals surface area contributed by atoms with Gasteiger partial charge in [0.1, 0.15) is 5.75 Å². The Bertz CT molecular complexity index is 672. The number of hydrogen-bond donors (Lipinski definition) is 1. The summed E-state index contributed by atoms with van der Waals surface area (Å²) in [7, 11) is 3.04. The second-order valence-electron chi connectivity index (χ2n) is 7.70. The molecule has 0 bridgehead atoms. The van der Waals surface area contributed by atoms with Gasteiger partial charge in [0.05, 0.1) is 45.3 Å². The number of methoxy groups -OCH3 is 2. The molecule has 1 N–H and O–H groups in total. The molecular weight excluding hydrogens is 372 g/mol. The lowest BCUT2D eigenvalue weighted by Gasteiger charge is -2.35. The van der Waals surface area contributed by atoms with Crippen LogP contribution in [0.5, 0.6) is 5.75 Å². The molecule has 1 aromatic carbocycles. The molecule has 7 heteroatoms. The van der Waals surface area contributed by atoms with Crippen molar-refractivity contribution in [3.63, 3.8) is 0 Å². The van der Waals surface area contributed by atoms with E-state index in [0.29, 0.717) is 19.8 Å². The number of esters is 1. The molecular formula is C22H32N2O5. The number of carbonyl (C=O) groups is 2. The second kappa shape index (κ2) is 10.6. The Balaban J connectivity index is 1.69. The number of carbonyl (C=O) groups excluding carboxylic acids is 2. The van der Waals surface area contributed by atoms with Crippen molar-refractivity contribution in [2.24, 2.45) is 11.8 Å². The van der Waals surface area contributed by atoms with Crippen molar-refractivity contribution in [2.45, 2.75) is 31.7 Å². The van der Waals surface area contributed by atoms with Gasteiger partial charge in [-0.1, -0.05) is 25.0 Å². The standard InChI is InChI=1S/C22H32N2O5/c1-27-17-9-7-16(8-10-17)20(24-11-13-29-14-12-24)15-23-21(25)18-5-3-4-6-19(18)22(26)28-2/h7-10,18-20H,3-6,11-15H2,1-2H3,(H,23,25). The van der Waals surface area contributed by atoms with Crippen LogP contribution < -0.4 is 10.1 Å². The molecule has 0 spiro atoms. The summed E-state index contributed by atoms with van der Waals surface area (Å²) < 4.78 is 15.7. The first-order chi connectivity index (χ1) is 14.1. The van der Waals surface area contributed by atoms with E-state index in [1.807, 2.05) is 24.3 Å². The molecule has 7 nitrogen and oxygen atoms in total. The van der Waals surface area contributed by atoms with Crippen LogP contribution in [0.1, 0.15) is 37.3 Å². The fraction of sp³-hybridized carbons (Fsp3) is 0.636. The number of amides is 1. The Morgan fingerprint density at radius 2 is 1.76 bits per heavy atom. The molecule has 1 aliphatic carbocycles. The lowest BCUT2D eigenvalue weighted by Crippen LogP contribution is -2.46. The van der Waals surface area contributed by atoms with E-state index in [9.17, 15) is 9.59 Å². The van der Waals surface area contributed by atoms with Crippen LogP contribution in [-0.2, 0) is 19.1 Å². The van der Waals surface area contributed by atoms with Crippen LogP contribution in [0.2, 0.25) is 0 Å². The molecule has 1 saturated heterocycles. The normalized spacial score (nSPS) is 23.8. The summed E-state index contributed by atoms with van der Waals surface area (Å²) in [6, 6.07) is 8.03. The largest absolute Gasteiger partial charge is 0.497 e. The number of nitrogens with one attached hydrogen (secondary N) is 1. The second-order valence-corrected chi connectivity index (χ2v) is 7.70. The van der Waals surface area contributed by atoms with Gasteiger partial charge in [-0.25, -0.2) is 0 Å². The van der Waals surface area contributed by atoms with Crippen LogP contribution in [0.4, 0.5) is 0 Å². The molecule has 160 valence electrons. The van der Waals surface area contributed by atoms with Gasteiger partial charge in [-0.15, -0.1) is 0 Å². The third-order valence-corrected chi connectivity index (χ3v) is 6.06. The first-order valence-corrected chi connectivity index (χ1v) is 10.5. The Labute approximate surface area is 172 Å². The quantitative estimate of drug-likeness (QED) is 0.702. The predicted octanol–water partition coefficient (Wildman–Crippen LogP) is 2.16. The fourth-order valence-corrected chi connectivity index (χ4v) is 4.38. The van der Waals surface area contributed by atoms with Gasteiger partial charge < -0.3 is 19.5 Å². The number of benzene rings is 1. The molecule has 2 fully saturated rings. The number of hydrogen-bond acceptors (Lipinski definition) is 6. The molecule has 29 heavy (non-hydrogen) atoms. The van der Waals surface area contributed by atoms with Crippen molar-refractivity contribution in [1.29, 1.82) is 0 Å². The highest BCUT2D eigenvalue weighted by atomic mass is 16.5. The van der Waals surface area contributed by atoms with Crippen LogP contribution in [0.25, 0.3) is 0 Å². The van der Waals surface area contributed by atoms with Crippen LogP contribution in [0, 0.1) is 11.8 Å². The summed E-state index contributed by atoms with van der Waals surface area (Å²) >= 11 is 0. The highest BCUT2D eigenvalue weighted by Crippen LogP contribution is 2.31. The average Bonchev–Trinajstić information content (AvgIpc) is 2.79. The summed E-state index contributed by atoms with van der Waals surface area (Å²) in [5, 5.41) is 3.13. The minimum atomic E-state index is -0.337. The molecule has 1 saturated carbocycles. The van der Waals surface area contributed by atoms with Crippen molar-refractivity contribution in [2.75, 3.05) is 47.1 Å². The average molecular weight is 405 g/mol. The zero-order valence-electron chi connectivity index (χ0n) is 17.4. The topological polar surface area (TPSA) is 77.1 Å². The number of nitrogens with zero attached hydrogens (tertiary/aromatic N) is 1. The fourth-order valence-electron chi connectivity index (χ4n) is 4.38. The van der Waals surface area contributed by atoms with E-state index in [0.717, 1.165) is 50.1 Å². The maximum atomic E-state index is 13.0. The van der Waals surface area contributed by atoms with E-state index in [1.54, 1.807) is 7.11 Å². The van der Waals surface area contributed by atoms with E-state index < -0.39 is 0 Å². The highest BCUT2D eigenvalue weighted by molar-refractivity contribution is 5.85. The van der Waals surface area contributed by atoms with E-state index in [1.165, 1.54) is 7.11 Å². The van der Waals surface area contributed by atoms with Crippen LogP contribution >= 0.6 is 0 Å². The summed E-state index contributed by atoms with van der Waals surface area (Å²) in [4.78, 5) is 27.4. The molecule has 1 heterocycles. The maximum Gasteiger partial charge on any atom is 0.309 e. The smallest absolute Gasteiger partial charge is 0.309 e. The summed E-state index contributed by atoms with van der Waals surface area (Å²) in [6.45, 7) is 3.51. The van der Waals surface area contributed by atoms with E-state index in [2.05, 4.69) is 10.2 Å². The number of ether oxygens (including phenoxy) is 3. The van der Waals surface area contributed by atoms with Crippen molar-refractivity contribution < 1.29 is 23.8 Å². The number of morpholine rings is 1.